The minimum Gasteiger partial charge on any atom is -0.465 e. The number of ether oxygens (including phenoxy) is 2. The molecule has 0 amide bonds. The van der Waals surface area contributed by atoms with Crippen LogP contribution < -0.4 is 0 Å². The maximum Gasteiger partial charge on any atom is 0.308 e. The van der Waals surface area contributed by atoms with Gasteiger partial charge in [-0.05, 0) is 74.0 Å². The highest BCUT2D eigenvalue weighted by Gasteiger charge is 2.32. The summed E-state index contributed by atoms with van der Waals surface area (Å²) in [7, 11) is 0. The molecule has 0 aliphatic heterocycles. The minimum atomic E-state index is -0.0681. The van der Waals surface area contributed by atoms with Crippen LogP contribution in [0.1, 0.15) is 145 Å². The molecule has 4 heteroatoms. The first-order valence-corrected chi connectivity index (χ1v) is 15.1. The molecule has 1 aliphatic rings. The lowest BCUT2D eigenvalue weighted by Crippen LogP contribution is -2.29. The zero-order valence-electron chi connectivity index (χ0n) is 25.3. The zero-order valence-corrected chi connectivity index (χ0v) is 25.3. The molecule has 1 saturated carbocycles. The second-order valence-electron chi connectivity index (χ2n) is 14.3. The van der Waals surface area contributed by atoms with Crippen LogP contribution in [0.5, 0.6) is 0 Å². The number of esters is 2. The largest absolute Gasteiger partial charge is 0.465 e. The van der Waals surface area contributed by atoms with E-state index in [0.717, 1.165) is 38.5 Å². The second kappa shape index (κ2) is 16.7. The highest BCUT2D eigenvalue weighted by molar-refractivity contribution is 5.75. The van der Waals surface area contributed by atoms with Crippen molar-refractivity contribution >= 4 is 11.9 Å². The molecule has 0 heterocycles. The normalized spacial score (nSPS) is 20.6. The number of carbonyl (C=O) groups is 2. The third kappa shape index (κ3) is 16.6. The van der Waals surface area contributed by atoms with Gasteiger partial charge in [-0.1, -0.05) is 93.9 Å². The molecular formula is C32H60O4. The highest BCUT2D eigenvalue weighted by atomic mass is 16.5. The summed E-state index contributed by atoms with van der Waals surface area (Å²) in [4.78, 5) is 25.1. The zero-order chi connectivity index (χ0) is 27.2. The predicted octanol–water partition coefficient (Wildman–Crippen LogP) is 9.14. The van der Waals surface area contributed by atoms with E-state index in [0.29, 0.717) is 35.9 Å². The van der Waals surface area contributed by atoms with Crippen LogP contribution in [-0.4, -0.2) is 25.2 Å². The van der Waals surface area contributed by atoms with Gasteiger partial charge in [0.05, 0.1) is 25.0 Å². The lowest BCUT2D eigenvalue weighted by atomic mass is 9.82. The highest BCUT2D eigenvalue weighted by Crippen LogP contribution is 2.31. The summed E-state index contributed by atoms with van der Waals surface area (Å²) in [5.74, 6) is 0.578. The van der Waals surface area contributed by atoms with Crippen molar-refractivity contribution in [2.24, 2.45) is 34.5 Å². The van der Waals surface area contributed by atoms with Crippen LogP contribution in [0, 0.1) is 34.5 Å². The SMILES string of the molecule is CC(CCCCCC(C)(C)C)COC(=O)C1CCC(C(=O)OCC(C)CCCCCC(C)(C)C)CC1. The molecular weight excluding hydrogens is 448 g/mol. The van der Waals surface area contributed by atoms with Gasteiger partial charge in [-0.2, -0.15) is 0 Å². The van der Waals surface area contributed by atoms with Crippen molar-refractivity contribution in [2.45, 2.75) is 145 Å². The Labute approximate surface area is 224 Å². The van der Waals surface area contributed by atoms with E-state index in [9.17, 15) is 9.59 Å². The predicted molar refractivity (Wildman–Crippen MR) is 151 cm³/mol. The number of rotatable bonds is 16. The third-order valence-corrected chi connectivity index (χ3v) is 7.66. The number of hydrogen-bond donors (Lipinski definition) is 0. The third-order valence-electron chi connectivity index (χ3n) is 7.66. The summed E-state index contributed by atoms with van der Waals surface area (Å²) >= 11 is 0. The molecule has 1 fully saturated rings. The molecule has 2 unspecified atom stereocenters. The Morgan fingerprint density at radius 3 is 1.25 bits per heavy atom. The van der Waals surface area contributed by atoms with Crippen LogP contribution >= 0.6 is 0 Å². The van der Waals surface area contributed by atoms with Gasteiger partial charge in [-0.15, -0.1) is 0 Å². The van der Waals surface area contributed by atoms with E-state index in [4.69, 9.17) is 9.47 Å². The Hall–Kier alpha value is -1.06. The maximum atomic E-state index is 12.5. The Morgan fingerprint density at radius 2 is 0.944 bits per heavy atom. The first-order chi connectivity index (χ1) is 16.8. The maximum absolute atomic E-state index is 12.5. The van der Waals surface area contributed by atoms with E-state index < -0.39 is 0 Å². The van der Waals surface area contributed by atoms with E-state index in [1.165, 1.54) is 51.4 Å². The van der Waals surface area contributed by atoms with Crippen molar-refractivity contribution in [3.63, 3.8) is 0 Å². The van der Waals surface area contributed by atoms with Crippen molar-refractivity contribution < 1.29 is 19.1 Å². The monoisotopic (exact) mass is 508 g/mol. The number of unbranched alkanes of at least 4 members (excludes halogenated alkanes) is 4. The van der Waals surface area contributed by atoms with Crippen molar-refractivity contribution in [1.29, 1.82) is 0 Å². The van der Waals surface area contributed by atoms with E-state index in [1.54, 1.807) is 0 Å². The molecule has 4 nitrogen and oxygen atoms in total. The average Bonchev–Trinajstić information content (AvgIpc) is 2.79. The smallest absolute Gasteiger partial charge is 0.308 e. The van der Waals surface area contributed by atoms with Gasteiger partial charge in [0.2, 0.25) is 0 Å². The average molecular weight is 509 g/mol. The van der Waals surface area contributed by atoms with Crippen LogP contribution in [0.3, 0.4) is 0 Å². The Morgan fingerprint density at radius 1 is 0.611 bits per heavy atom. The van der Waals surface area contributed by atoms with Crippen LogP contribution in [0.4, 0.5) is 0 Å². The molecule has 2 atom stereocenters. The summed E-state index contributed by atoms with van der Waals surface area (Å²) in [6.45, 7) is 19.2. The van der Waals surface area contributed by atoms with E-state index in [-0.39, 0.29) is 23.8 Å². The number of hydrogen-bond acceptors (Lipinski definition) is 4. The first-order valence-electron chi connectivity index (χ1n) is 15.1. The van der Waals surface area contributed by atoms with Crippen LogP contribution in [-0.2, 0) is 19.1 Å². The molecule has 1 rings (SSSR count). The molecule has 212 valence electrons. The Balaban J connectivity index is 2.13. The van der Waals surface area contributed by atoms with E-state index in [1.807, 2.05) is 0 Å². The topological polar surface area (TPSA) is 52.6 Å². The van der Waals surface area contributed by atoms with Gasteiger partial charge in [0.25, 0.3) is 0 Å². The van der Waals surface area contributed by atoms with Gasteiger partial charge in [-0.3, -0.25) is 9.59 Å². The van der Waals surface area contributed by atoms with Crippen LogP contribution in [0.15, 0.2) is 0 Å². The van der Waals surface area contributed by atoms with Gasteiger partial charge >= 0.3 is 11.9 Å². The van der Waals surface area contributed by atoms with Gasteiger partial charge in [0.1, 0.15) is 0 Å². The van der Waals surface area contributed by atoms with Gasteiger partial charge in [0, 0.05) is 0 Å². The molecule has 0 saturated heterocycles. The fourth-order valence-corrected chi connectivity index (χ4v) is 5.07. The Bertz CT molecular complexity index is 551. The van der Waals surface area contributed by atoms with Crippen molar-refractivity contribution in [2.75, 3.05) is 13.2 Å². The molecule has 0 aromatic carbocycles. The molecule has 0 aromatic rings. The summed E-state index contributed by atoms with van der Waals surface area (Å²) in [5.41, 5.74) is 0.835. The first kappa shape index (κ1) is 33.0. The van der Waals surface area contributed by atoms with Crippen molar-refractivity contribution in [1.82, 2.24) is 0 Å². The molecule has 36 heavy (non-hydrogen) atoms. The fourth-order valence-electron chi connectivity index (χ4n) is 5.07. The molecule has 0 N–H and O–H groups in total. The number of carbonyl (C=O) groups excluding carboxylic acids is 2. The summed E-state index contributed by atoms with van der Waals surface area (Å²) in [5, 5.41) is 0. The minimum absolute atomic E-state index is 0.0555. The fraction of sp³-hybridized carbons (Fsp3) is 0.938. The van der Waals surface area contributed by atoms with Crippen LogP contribution in [0.25, 0.3) is 0 Å². The van der Waals surface area contributed by atoms with Crippen LogP contribution in [0.2, 0.25) is 0 Å². The summed E-state index contributed by atoms with van der Waals surface area (Å²) in [6.07, 6.45) is 15.2. The van der Waals surface area contributed by atoms with Crippen molar-refractivity contribution in [3.8, 4) is 0 Å². The van der Waals surface area contributed by atoms with E-state index in [2.05, 4.69) is 55.4 Å². The van der Waals surface area contributed by atoms with Gasteiger partial charge < -0.3 is 9.47 Å². The molecule has 0 radical (unpaired) electrons. The van der Waals surface area contributed by atoms with Gasteiger partial charge in [-0.25, -0.2) is 0 Å². The standard InChI is InChI=1S/C32H60O4/c1-25(15-11-9-13-21-31(3,4)5)23-35-29(33)27-17-19-28(20-18-27)30(34)36-24-26(2)16-12-10-14-22-32(6,7)8/h25-28H,9-24H2,1-8H3. The lowest BCUT2D eigenvalue weighted by Gasteiger charge is -2.26. The quantitative estimate of drug-likeness (QED) is 0.154. The molecule has 1 aliphatic carbocycles. The summed E-state index contributed by atoms with van der Waals surface area (Å²) < 4.78 is 11.3. The molecule has 0 bridgehead atoms. The second-order valence-corrected chi connectivity index (χ2v) is 14.3. The van der Waals surface area contributed by atoms with Gasteiger partial charge in [0.15, 0.2) is 0 Å². The summed E-state index contributed by atoms with van der Waals surface area (Å²) in [6, 6.07) is 0. The van der Waals surface area contributed by atoms with Crippen molar-refractivity contribution in [3.05, 3.63) is 0 Å². The molecule has 0 spiro atoms. The lowest BCUT2D eigenvalue weighted by molar-refractivity contribution is -0.156. The molecule has 0 aromatic heterocycles. The Kier molecular flexibility index (Phi) is 15.3. The van der Waals surface area contributed by atoms with E-state index >= 15 is 0 Å².